The summed E-state index contributed by atoms with van der Waals surface area (Å²) in [6.45, 7) is 4.31. The molecule has 1 N–H and O–H groups in total. The smallest absolute Gasteiger partial charge is 0.230 e. The average molecular weight is 367 g/mol. The highest BCUT2D eigenvalue weighted by molar-refractivity contribution is 8.01. The Hall–Kier alpha value is -1.80. The molecular weight excluding hydrogens is 346 g/mol. The van der Waals surface area contributed by atoms with Crippen LogP contribution < -0.4 is 14.8 Å². The molecule has 1 aromatic heterocycles. The van der Waals surface area contributed by atoms with Gasteiger partial charge < -0.3 is 14.8 Å². The normalized spacial score (nSPS) is 10.7. The Balaban J connectivity index is 1.93. The number of methoxy groups -OCH3 is 2. The van der Waals surface area contributed by atoms with Gasteiger partial charge in [0.15, 0.2) is 15.8 Å². The third-order valence-corrected chi connectivity index (χ3v) is 5.40. The highest BCUT2D eigenvalue weighted by Gasteiger charge is 2.11. The zero-order chi connectivity index (χ0) is 17.5. The summed E-state index contributed by atoms with van der Waals surface area (Å²) in [6.07, 6.45) is 0.231. The number of hydrogen-bond acceptors (Lipinski definition) is 7. The lowest BCUT2D eigenvalue weighted by Crippen LogP contribution is -2.14. The van der Waals surface area contributed by atoms with Gasteiger partial charge in [0.1, 0.15) is 0 Å². The summed E-state index contributed by atoms with van der Waals surface area (Å²) in [5.74, 6) is 2.67. The van der Waals surface area contributed by atoms with E-state index in [9.17, 15) is 4.79 Å². The molecule has 0 aliphatic carbocycles. The Labute approximate surface area is 150 Å². The largest absolute Gasteiger partial charge is 0.493 e. The predicted molar refractivity (Wildman–Crippen MR) is 97.4 cm³/mol. The Bertz CT molecular complexity index is 689. The summed E-state index contributed by atoms with van der Waals surface area (Å²) < 4.78 is 11.3. The Kier molecular flexibility index (Phi) is 6.86. The maximum Gasteiger partial charge on any atom is 0.230 e. The molecule has 1 amide bonds. The van der Waals surface area contributed by atoms with Crippen molar-refractivity contribution >= 4 is 34.1 Å². The molecule has 24 heavy (non-hydrogen) atoms. The molecule has 0 saturated carbocycles. The molecule has 1 aromatic carbocycles. The number of rotatable bonds is 8. The van der Waals surface area contributed by atoms with E-state index in [0.29, 0.717) is 22.5 Å². The topological polar surface area (TPSA) is 73.3 Å². The number of carbonyl (C=O) groups is 1. The van der Waals surface area contributed by atoms with Crippen LogP contribution in [0.15, 0.2) is 22.5 Å². The second-order valence-electron chi connectivity index (χ2n) is 5.49. The molecule has 0 aliphatic heterocycles. The van der Waals surface area contributed by atoms with Gasteiger partial charge in [-0.05, 0) is 23.6 Å². The van der Waals surface area contributed by atoms with Crippen molar-refractivity contribution < 1.29 is 14.3 Å². The summed E-state index contributed by atoms with van der Waals surface area (Å²) >= 11 is 3.04. The first-order chi connectivity index (χ1) is 11.5. The molecule has 6 nitrogen and oxygen atoms in total. The molecule has 0 spiro atoms. The number of anilines is 1. The zero-order valence-electron chi connectivity index (χ0n) is 14.2. The standard InChI is InChI=1S/C16H21N3O3S2/c1-10(2)9-23-16-19-18-15(24-16)17-14(20)8-11-5-6-12(21-3)13(7-11)22-4/h5-7,10H,8-9H2,1-4H3,(H,17,18,20). The van der Waals surface area contributed by atoms with Crippen molar-refractivity contribution in [3.63, 3.8) is 0 Å². The van der Waals surface area contributed by atoms with Crippen molar-refractivity contribution in [2.45, 2.75) is 24.6 Å². The lowest BCUT2D eigenvalue weighted by Gasteiger charge is -2.09. The number of carbonyl (C=O) groups excluding carboxylic acids is 1. The highest BCUT2D eigenvalue weighted by Crippen LogP contribution is 2.29. The van der Waals surface area contributed by atoms with Crippen LogP contribution in [0.5, 0.6) is 11.5 Å². The number of thioether (sulfide) groups is 1. The molecule has 0 bridgehead atoms. The van der Waals surface area contributed by atoms with Gasteiger partial charge in [-0.25, -0.2) is 0 Å². The number of nitrogens with zero attached hydrogens (tertiary/aromatic N) is 2. The van der Waals surface area contributed by atoms with Crippen LogP contribution in [0, 0.1) is 5.92 Å². The Morgan fingerprint density at radius 1 is 1.25 bits per heavy atom. The van der Waals surface area contributed by atoms with Crippen molar-refractivity contribution in [1.29, 1.82) is 0 Å². The minimum Gasteiger partial charge on any atom is -0.493 e. The van der Waals surface area contributed by atoms with E-state index in [-0.39, 0.29) is 12.3 Å². The van der Waals surface area contributed by atoms with Crippen LogP contribution in [0.2, 0.25) is 0 Å². The molecule has 0 unspecified atom stereocenters. The van der Waals surface area contributed by atoms with Crippen LogP contribution in [0.25, 0.3) is 0 Å². The van der Waals surface area contributed by atoms with E-state index < -0.39 is 0 Å². The van der Waals surface area contributed by atoms with Gasteiger partial charge in [0.25, 0.3) is 0 Å². The summed E-state index contributed by atoms with van der Waals surface area (Å²) in [7, 11) is 3.15. The lowest BCUT2D eigenvalue weighted by atomic mass is 10.1. The second-order valence-corrected chi connectivity index (χ2v) is 7.74. The minimum absolute atomic E-state index is 0.140. The summed E-state index contributed by atoms with van der Waals surface area (Å²) in [6, 6.07) is 5.42. The predicted octanol–water partition coefficient (Wildman–Crippen LogP) is 3.48. The van der Waals surface area contributed by atoms with E-state index in [1.165, 1.54) is 11.3 Å². The second kappa shape index (κ2) is 8.89. The lowest BCUT2D eigenvalue weighted by molar-refractivity contribution is -0.115. The van der Waals surface area contributed by atoms with Crippen molar-refractivity contribution in [1.82, 2.24) is 10.2 Å². The van der Waals surface area contributed by atoms with E-state index in [0.717, 1.165) is 15.7 Å². The minimum atomic E-state index is -0.140. The zero-order valence-corrected chi connectivity index (χ0v) is 15.8. The van der Waals surface area contributed by atoms with Crippen LogP contribution in [0.3, 0.4) is 0 Å². The van der Waals surface area contributed by atoms with Crippen LogP contribution in [-0.2, 0) is 11.2 Å². The number of benzene rings is 1. The van der Waals surface area contributed by atoms with Gasteiger partial charge >= 0.3 is 0 Å². The molecule has 0 radical (unpaired) electrons. The molecule has 0 atom stereocenters. The van der Waals surface area contributed by atoms with Crippen molar-refractivity contribution in [2.24, 2.45) is 5.92 Å². The number of ether oxygens (including phenoxy) is 2. The molecule has 0 saturated heterocycles. The first-order valence-corrected chi connectivity index (χ1v) is 9.29. The number of amides is 1. The average Bonchev–Trinajstić information content (AvgIpc) is 3.00. The van der Waals surface area contributed by atoms with Gasteiger partial charge in [-0.2, -0.15) is 0 Å². The van der Waals surface area contributed by atoms with Gasteiger partial charge in [-0.1, -0.05) is 43.0 Å². The van der Waals surface area contributed by atoms with Crippen LogP contribution in [-0.4, -0.2) is 36.1 Å². The fourth-order valence-electron chi connectivity index (χ4n) is 1.90. The molecule has 0 aliphatic rings. The third kappa shape index (κ3) is 5.38. The maximum atomic E-state index is 12.2. The SMILES string of the molecule is COc1ccc(CC(=O)Nc2nnc(SCC(C)C)s2)cc1OC. The van der Waals surface area contributed by atoms with Gasteiger partial charge in [0.05, 0.1) is 20.6 Å². The molecule has 8 heteroatoms. The maximum absolute atomic E-state index is 12.2. The fraction of sp³-hybridized carbons (Fsp3) is 0.438. The van der Waals surface area contributed by atoms with Crippen molar-refractivity contribution in [3.05, 3.63) is 23.8 Å². The van der Waals surface area contributed by atoms with Crippen LogP contribution in [0.1, 0.15) is 19.4 Å². The van der Waals surface area contributed by atoms with Gasteiger partial charge in [-0.3, -0.25) is 4.79 Å². The van der Waals surface area contributed by atoms with Gasteiger partial charge in [0, 0.05) is 5.75 Å². The summed E-state index contributed by atoms with van der Waals surface area (Å²) in [5, 5.41) is 11.4. The molecular formula is C16H21N3O3S2. The quantitative estimate of drug-likeness (QED) is 0.569. The molecule has 1 heterocycles. The number of aromatic nitrogens is 2. The third-order valence-electron chi connectivity index (χ3n) is 3.01. The fourth-order valence-corrected chi connectivity index (χ4v) is 3.64. The van der Waals surface area contributed by atoms with E-state index in [4.69, 9.17) is 9.47 Å². The summed E-state index contributed by atoms with van der Waals surface area (Å²) in [5.41, 5.74) is 0.837. The van der Waals surface area contributed by atoms with E-state index in [1.54, 1.807) is 38.1 Å². The molecule has 2 rings (SSSR count). The Morgan fingerprint density at radius 3 is 2.67 bits per heavy atom. The van der Waals surface area contributed by atoms with E-state index >= 15 is 0 Å². The van der Waals surface area contributed by atoms with Gasteiger partial charge in [0.2, 0.25) is 11.0 Å². The molecule has 0 fully saturated rings. The van der Waals surface area contributed by atoms with Gasteiger partial charge in [-0.15, -0.1) is 10.2 Å². The molecule has 2 aromatic rings. The first kappa shape index (κ1) is 18.5. The van der Waals surface area contributed by atoms with E-state index in [1.807, 2.05) is 6.07 Å². The first-order valence-electron chi connectivity index (χ1n) is 7.49. The van der Waals surface area contributed by atoms with Crippen molar-refractivity contribution in [3.8, 4) is 11.5 Å². The molecule has 130 valence electrons. The van der Waals surface area contributed by atoms with Crippen LogP contribution >= 0.6 is 23.1 Å². The van der Waals surface area contributed by atoms with Crippen LogP contribution in [0.4, 0.5) is 5.13 Å². The number of nitrogens with one attached hydrogen (secondary N) is 1. The van der Waals surface area contributed by atoms with Crippen molar-refractivity contribution in [2.75, 3.05) is 25.3 Å². The highest BCUT2D eigenvalue weighted by atomic mass is 32.2. The van der Waals surface area contributed by atoms with E-state index in [2.05, 4.69) is 29.4 Å². The monoisotopic (exact) mass is 367 g/mol. The number of hydrogen-bond donors (Lipinski definition) is 1. The summed E-state index contributed by atoms with van der Waals surface area (Å²) in [4.78, 5) is 12.2. The Morgan fingerprint density at radius 2 is 2.00 bits per heavy atom.